The van der Waals surface area contributed by atoms with Gasteiger partial charge >= 0.3 is 5.97 Å². The van der Waals surface area contributed by atoms with Crippen LogP contribution in [0.5, 0.6) is 0 Å². The van der Waals surface area contributed by atoms with Gasteiger partial charge in [0, 0.05) is 29.0 Å². The molecular weight excluding hydrogens is 448 g/mol. The Morgan fingerprint density at radius 3 is 2.57 bits per heavy atom. The fraction of sp³-hybridized carbons (Fsp3) is 0.550. The smallest absolute Gasteiger partial charge is 0.306 e. The number of anilines is 1. The number of hydrogen-bond acceptors (Lipinski definition) is 4. The minimum absolute atomic E-state index is 0.0277. The van der Waals surface area contributed by atoms with Gasteiger partial charge < -0.3 is 15.4 Å². The Balaban J connectivity index is 1.63. The number of esters is 1. The van der Waals surface area contributed by atoms with Gasteiger partial charge in [-0.1, -0.05) is 30.9 Å². The Labute approximate surface area is 178 Å². The van der Waals surface area contributed by atoms with E-state index in [4.69, 9.17) is 16.3 Å². The quantitative estimate of drug-likeness (QED) is 0.544. The minimum Gasteiger partial charge on any atom is -0.456 e. The van der Waals surface area contributed by atoms with Crippen LogP contribution in [0.3, 0.4) is 0 Å². The van der Waals surface area contributed by atoms with Gasteiger partial charge in [-0.05, 0) is 59.8 Å². The number of carbonyl (C=O) groups excluding carboxylic acids is 3. The molecule has 0 aromatic heterocycles. The highest BCUT2D eigenvalue weighted by Crippen LogP contribution is 2.30. The van der Waals surface area contributed by atoms with Gasteiger partial charge in [0.1, 0.15) is 0 Å². The molecule has 0 heterocycles. The molecule has 0 spiro atoms. The van der Waals surface area contributed by atoms with Crippen molar-refractivity contribution in [3.63, 3.8) is 0 Å². The molecule has 1 aromatic carbocycles. The predicted molar refractivity (Wildman–Crippen MR) is 112 cm³/mol. The first kappa shape index (κ1) is 22.7. The zero-order valence-electron chi connectivity index (χ0n) is 16.0. The maximum absolute atomic E-state index is 12.0. The van der Waals surface area contributed by atoms with Crippen LogP contribution in [-0.2, 0) is 19.1 Å². The molecule has 2 rings (SSSR count). The van der Waals surface area contributed by atoms with Gasteiger partial charge in [-0.2, -0.15) is 0 Å². The van der Waals surface area contributed by atoms with E-state index in [1.807, 2.05) is 0 Å². The molecule has 6 nitrogen and oxygen atoms in total. The highest BCUT2D eigenvalue weighted by Gasteiger charge is 2.16. The van der Waals surface area contributed by atoms with Crippen LogP contribution < -0.4 is 10.6 Å². The maximum atomic E-state index is 12.0. The SMILES string of the molecule is Cc1c(NC(=O)COC(=O)CCCC(=O)NC2CCCCC2)ccc(Br)c1Cl. The molecule has 1 aliphatic rings. The summed E-state index contributed by atoms with van der Waals surface area (Å²) < 4.78 is 5.72. The molecule has 1 aromatic rings. The normalized spacial score (nSPS) is 14.4. The average molecular weight is 474 g/mol. The second-order valence-corrected chi connectivity index (χ2v) is 8.23. The summed E-state index contributed by atoms with van der Waals surface area (Å²) in [5, 5.41) is 6.20. The van der Waals surface area contributed by atoms with Crippen molar-refractivity contribution in [3.05, 3.63) is 27.2 Å². The van der Waals surface area contributed by atoms with Crippen LogP contribution in [-0.4, -0.2) is 30.4 Å². The number of hydrogen-bond donors (Lipinski definition) is 2. The van der Waals surface area contributed by atoms with Gasteiger partial charge in [0.05, 0.1) is 5.02 Å². The molecule has 0 unspecified atom stereocenters. The minimum atomic E-state index is -0.494. The van der Waals surface area contributed by atoms with Crippen molar-refractivity contribution >= 4 is 51.0 Å². The number of halogens is 2. The molecular formula is C20H26BrClN2O4. The summed E-state index contributed by atoms with van der Waals surface area (Å²) >= 11 is 9.44. The van der Waals surface area contributed by atoms with E-state index in [9.17, 15) is 14.4 Å². The second kappa shape index (κ2) is 11.4. The Kier molecular flexibility index (Phi) is 9.25. The van der Waals surface area contributed by atoms with Crippen molar-refractivity contribution < 1.29 is 19.1 Å². The molecule has 1 saturated carbocycles. The van der Waals surface area contributed by atoms with Gasteiger partial charge in [-0.25, -0.2) is 0 Å². The summed E-state index contributed by atoms with van der Waals surface area (Å²) in [6.07, 6.45) is 6.41. The van der Waals surface area contributed by atoms with Crippen LogP contribution in [0.4, 0.5) is 5.69 Å². The number of carbonyl (C=O) groups is 3. The first-order valence-corrected chi connectivity index (χ1v) is 10.7. The van der Waals surface area contributed by atoms with Crippen LogP contribution in [0, 0.1) is 6.92 Å². The van der Waals surface area contributed by atoms with Crippen molar-refractivity contribution in [1.29, 1.82) is 0 Å². The van der Waals surface area contributed by atoms with Crippen LogP contribution in [0.25, 0.3) is 0 Å². The van der Waals surface area contributed by atoms with Crippen LogP contribution in [0.15, 0.2) is 16.6 Å². The van der Waals surface area contributed by atoms with Gasteiger partial charge in [0.2, 0.25) is 5.91 Å². The van der Waals surface area contributed by atoms with E-state index < -0.39 is 11.9 Å². The van der Waals surface area contributed by atoms with Crippen molar-refractivity contribution in [2.24, 2.45) is 0 Å². The lowest BCUT2D eigenvalue weighted by Crippen LogP contribution is -2.36. The van der Waals surface area contributed by atoms with Crippen molar-refractivity contribution in [2.45, 2.75) is 64.3 Å². The average Bonchev–Trinajstić information content (AvgIpc) is 2.67. The number of ether oxygens (including phenoxy) is 1. The number of benzene rings is 1. The molecule has 8 heteroatoms. The molecule has 28 heavy (non-hydrogen) atoms. The van der Waals surface area contributed by atoms with Crippen molar-refractivity contribution in [2.75, 3.05) is 11.9 Å². The fourth-order valence-electron chi connectivity index (χ4n) is 3.13. The van der Waals surface area contributed by atoms with E-state index in [2.05, 4.69) is 26.6 Å². The summed E-state index contributed by atoms with van der Waals surface area (Å²) in [5.41, 5.74) is 1.29. The third kappa shape index (κ3) is 7.43. The van der Waals surface area contributed by atoms with E-state index in [-0.39, 0.29) is 31.4 Å². The zero-order chi connectivity index (χ0) is 20.5. The van der Waals surface area contributed by atoms with E-state index in [1.165, 1.54) is 6.42 Å². The summed E-state index contributed by atoms with van der Waals surface area (Å²) in [4.78, 5) is 35.6. The molecule has 0 radical (unpaired) electrons. The first-order valence-electron chi connectivity index (χ1n) is 9.56. The van der Waals surface area contributed by atoms with Crippen LogP contribution >= 0.6 is 27.5 Å². The fourth-order valence-corrected chi connectivity index (χ4v) is 3.73. The second-order valence-electron chi connectivity index (χ2n) is 7.00. The van der Waals surface area contributed by atoms with E-state index in [0.29, 0.717) is 17.1 Å². The van der Waals surface area contributed by atoms with E-state index in [1.54, 1.807) is 19.1 Å². The van der Waals surface area contributed by atoms with E-state index in [0.717, 1.165) is 35.7 Å². The number of nitrogens with one attached hydrogen (secondary N) is 2. The first-order chi connectivity index (χ1) is 13.4. The summed E-state index contributed by atoms with van der Waals surface area (Å²) in [5.74, 6) is -0.962. The van der Waals surface area contributed by atoms with Crippen molar-refractivity contribution in [1.82, 2.24) is 5.32 Å². The third-order valence-corrected chi connectivity index (χ3v) is 6.11. The lowest BCUT2D eigenvalue weighted by molar-refractivity contribution is -0.147. The molecule has 2 N–H and O–H groups in total. The number of rotatable bonds is 8. The molecule has 0 saturated heterocycles. The lowest BCUT2D eigenvalue weighted by Gasteiger charge is -2.22. The molecule has 0 bridgehead atoms. The van der Waals surface area contributed by atoms with Crippen molar-refractivity contribution in [3.8, 4) is 0 Å². The Morgan fingerprint density at radius 1 is 1.14 bits per heavy atom. The monoisotopic (exact) mass is 472 g/mol. The van der Waals surface area contributed by atoms with Crippen LogP contribution in [0.2, 0.25) is 5.02 Å². The predicted octanol–water partition coefficient (Wildman–Crippen LogP) is 4.51. The summed E-state index contributed by atoms with van der Waals surface area (Å²) in [7, 11) is 0. The van der Waals surface area contributed by atoms with Gasteiger partial charge in [0.25, 0.3) is 5.91 Å². The number of amides is 2. The Hall–Kier alpha value is -1.60. The van der Waals surface area contributed by atoms with E-state index >= 15 is 0 Å². The Morgan fingerprint density at radius 2 is 1.86 bits per heavy atom. The highest BCUT2D eigenvalue weighted by atomic mass is 79.9. The zero-order valence-corrected chi connectivity index (χ0v) is 18.3. The topological polar surface area (TPSA) is 84.5 Å². The third-order valence-electron chi connectivity index (χ3n) is 4.73. The molecule has 0 atom stereocenters. The molecule has 2 amide bonds. The van der Waals surface area contributed by atoms with Gasteiger partial charge in [0.15, 0.2) is 6.61 Å². The molecule has 1 aliphatic carbocycles. The molecule has 154 valence electrons. The van der Waals surface area contributed by atoms with Gasteiger partial charge in [-0.3, -0.25) is 14.4 Å². The Bertz CT molecular complexity index is 720. The summed E-state index contributed by atoms with van der Waals surface area (Å²) in [6.45, 7) is 1.41. The van der Waals surface area contributed by atoms with Crippen LogP contribution in [0.1, 0.15) is 56.9 Å². The lowest BCUT2D eigenvalue weighted by atomic mass is 9.95. The molecule has 0 aliphatic heterocycles. The highest BCUT2D eigenvalue weighted by molar-refractivity contribution is 9.10. The maximum Gasteiger partial charge on any atom is 0.306 e. The largest absolute Gasteiger partial charge is 0.456 e. The van der Waals surface area contributed by atoms with Gasteiger partial charge in [-0.15, -0.1) is 0 Å². The summed E-state index contributed by atoms with van der Waals surface area (Å²) in [6, 6.07) is 3.72. The standard InChI is InChI=1S/C20H26BrClN2O4/c1-13-16(11-10-15(21)20(13)22)24-18(26)12-28-19(27)9-5-8-17(25)23-14-6-3-2-4-7-14/h10-11,14H,2-9,12H2,1H3,(H,23,25)(H,24,26). The molecule has 1 fully saturated rings.